The minimum atomic E-state index is -0.770. The molecule has 0 bridgehead atoms. The van der Waals surface area contributed by atoms with E-state index < -0.39 is 5.44 Å². The molecule has 1 unspecified atom stereocenters. The first-order chi connectivity index (χ1) is 12.1. The predicted molar refractivity (Wildman–Crippen MR) is 97.2 cm³/mol. The summed E-state index contributed by atoms with van der Waals surface area (Å²) in [5.74, 6) is 0.539. The highest BCUT2D eigenvalue weighted by atomic mass is 32.2. The molecule has 1 fully saturated rings. The predicted octanol–water partition coefficient (Wildman–Crippen LogP) is 2.76. The van der Waals surface area contributed by atoms with Crippen LogP contribution in [0.3, 0.4) is 0 Å². The van der Waals surface area contributed by atoms with Gasteiger partial charge in [0.25, 0.3) is 11.1 Å². The van der Waals surface area contributed by atoms with Crippen molar-refractivity contribution in [3.8, 4) is 0 Å². The van der Waals surface area contributed by atoms with E-state index in [0.717, 1.165) is 23.1 Å². The molecule has 25 heavy (non-hydrogen) atoms. The Morgan fingerprint density at radius 3 is 2.64 bits per heavy atom. The van der Waals surface area contributed by atoms with Gasteiger partial charge in [0.05, 0.1) is 13.2 Å². The number of aromatic nitrogens is 1. The van der Waals surface area contributed by atoms with Crippen LogP contribution < -0.4 is 4.90 Å². The highest BCUT2D eigenvalue weighted by molar-refractivity contribution is 8.15. The maximum atomic E-state index is 12.4. The summed E-state index contributed by atoms with van der Waals surface area (Å²) >= 11 is 0.930. The average molecular weight is 357 g/mol. The first kappa shape index (κ1) is 17.4. The molecule has 1 aliphatic rings. The lowest BCUT2D eigenvalue weighted by molar-refractivity contribution is -0.134. The Bertz CT molecular complexity index is 727. The third kappa shape index (κ3) is 4.37. The van der Waals surface area contributed by atoms with Gasteiger partial charge >= 0.3 is 0 Å². The molecular formula is C18H19N3O3S. The first-order valence-electron chi connectivity index (χ1n) is 7.95. The van der Waals surface area contributed by atoms with Crippen molar-refractivity contribution in [2.45, 2.75) is 12.0 Å². The number of thioether (sulfide) groups is 1. The Kier molecular flexibility index (Phi) is 5.67. The third-order valence-electron chi connectivity index (χ3n) is 3.82. The van der Waals surface area contributed by atoms with E-state index in [-0.39, 0.29) is 17.7 Å². The number of amides is 2. The summed E-state index contributed by atoms with van der Waals surface area (Å²) in [6.45, 7) is 1.19. The van der Waals surface area contributed by atoms with E-state index in [1.54, 1.807) is 6.20 Å². The van der Waals surface area contributed by atoms with Crippen LogP contribution >= 0.6 is 11.8 Å². The van der Waals surface area contributed by atoms with Crippen LogP contribution in [0.2, 0.25) is 0 Å². The van der Waals surface area contributed by atoms with Crippen LogP contribution in [0.15, 0.2) is 54.7 Å². The summed E-state index contributed by atoms with van der Waals surface area (Å²) in [6.07, 6.45) is 1.73. The fourth-order valence-corrected chi connectivity index (χ4v) is 3.28. The van der Waals surface area contributed by atoms with Gasteiger partial charge in [-0.15, -0.1) is 0 Å². The van der Waals surface area contributed by atoms with Gasteiger partial charge in [-0.1, -0.05) is 36.4 Å². The number of rotatable bonds is 7. The molecule has 1 saturated heterocycles. The summed E-state index contributed by atoms with van der Waals surface area (Å²) < 4.78 is 5.63. The molecule has 0 spiro atoms. The molecule has 0 N–H and O–H groups in total. The van der Waals surface area contributed by atoms with Crippen molar-refractivity contribution in [3.05, 3.63) is 60.3 Å². The Labute approximate surface area is 150 Å². The molecule has 2 aromatic rings. The van der Waals surface area contributed by atoms with Crippen molar-refractivity contribution in [1.82, 2.24) is 9.88 Å². The van der Waals surface area contributed by atoms with Crippen LogP contribution in [0.4, 0.5) is 10.6 Å². The lowest BCUT2D eigenvalue weighted by Crippen LogP contribution is -2.33. The quantitative estimate of drug-likeness (QED) is 0.759. The van der Waals surface area contributed by atoms with E-state index in [1.165, 1.54) is 4.90 Å². The van der Waals surface area contributed by atoms with Crippen molar-refractivity contribution in [3.63, 3.8) is 0 Å². The third-order valence-corrected chi connectivity index (χ3v) is 4.79. The molecule has 2 amide bonds. The van der Waals surface area contributed by atoms with Crippen LogP contribution in [0.25, 0.3) is 0 Å². The van der Waals surface area contributed by atoms with E-state index in [1.807, 2.05) is 60.5 Å². The van der Waals surface area contributed by atoms with Gasteiger partial charge in [0.15, 0.2) is 5.44 Å². The number of anilines is 1. The van der Waals surface area contributed by atoms with Gasteiger partial charge in [0.2, 0.25) is 0 Å². The molecule has 6 nitrogen and oxygen atoms in total. The minimum Gasteiger partial charge on any atom is -0.357 e. The average Bonchev–Trinajstić information content (AvgIpc) is 2.91. The topological polar surface area (TPSA) is 62.7 Å². The standard InChI is InChI=1S/C18H19N3O3S/c1-20(15-9-5-6-10-19-15)11-12-24-17-16(22)21(18(23)25-17)13-14-7-3-2-4-8-14/h2-10,17H,11-13H2,1H3. The number of hydrogen-bond acceptors (Lipinski definition) is 6. The van der Waals surface area contributed by atoms with Gasteiger partial charge in [0.1, 0.15) is 5.82 Å². The molecule has 1 aromatic carbocycles. The zero-order chi connectivity index (χ0) is 17.6. The summed E-state index contributed by atoms with van der Waals surface area (Å²) in [5.41, 5.74) is 0.147. The maximum absolute atomic E-state index is 12.4. The molecule has 130 valence electrons. The van der Waals surface area contributed by atoms with Crippen LogP contribution in [-0.4, -0.2) is 46.7 Å². The summed E-state index contributed by atoms with van der Waals surface area (Å²) in [6, 6.07) is 15.1. The van der Waals surface area contributed by atoms with Crippen molar-refractivity contribution in [2.75, 3.05) is 25.1 Å². The molecular weight excluding hydrogens is 338 g/mol. The molecule has 3 rings (SSSR count). The Morgan fingerprint density at radius 2 is 1.92 bits per heavy atom. The van der Waals surface area contributed by atoms with E-state index in [9.17, 15) is 9.59 Å². The number of carbonyl (C=O) groups excluding carboxylic acids is 2. The lowest BCUT2D eigenvalue weighted by atomic mass is 10.2. The molecule has 1 aliphatic heterocycles. The first-order valence-corrected chi connectivity index (χ1v) is 8.83. The van der Waals surface area contributed by atoms with Crippen molar-refractivity contribution in [1.29, 1.82) is 0 Å². The molecule has 1 aromatic heterocycles. The number of nitrogens with zero attached hydrogens (tertiary/aromatic N) is 3. The largest absolute Gasteiger partial charge is 0.357 e. The molecule has 0 saturated carbocycles. The lowest BCUT2D eigenvalue weighted by Gasteiger charge is -2.19. The van der Waals surface area contributed by atoms with E-state index >= 15 is 0 Å². The highest BCUT2D eigenvalue weighted by Crippen LogP contribution is 2.29. The van der Waals surface area contributed by atoms with Gasteiger partial charge in [-0.05, 0) is 29.5 Å². The second-order valence-electron chi connectivity index (χ2n) is 5.61. The number of carbonyl (C=O) groups is 2. The van der Waals surface area contributed by atoms with Gasteiger partial charge < -0.3 is 9.64 Å². The van der Waals surface area contributed by atoms with Gasteiger partial charge in [-0.2, -0.15) is 0 Å². The molecule has 2 heterocycles. The fraction of sp³-hybridized carbons (Fsp3) is 0.278. The Hall–Kier alpha value is -2.38. The van der Waals surface area contributed by atoms with Gasteiger partial charge in [-0.25, -0.2) is 4.98 Å². The van der Waals surface area contributed by atoms with Crippen molar-refractivity contribution < 1.29 is 14.3 Å². The highest BCUT2D eigenvalue weighted by Gasteiger charge is 2.40. The van der Waals surface area contributed by atoms with Crippen molar-refractivity contribution >= 4 is 28.7 Å². The second kappa shape index (κ2) is 8.13. The second-order valence-corrected chi connectivity index (χ2v) is 6.62. The van der Waals surface area contributed by atoms with Gasteiger partial charge in [0, 0.05) is 19.8 Å². The number of ether oxygens (including phenoxy) is 1. The molecule has 0 radical (unpaired) electrons. The Balaban J connectivity index is 1.50. The minimum absolute atomic E-state index is 0.267. The normalized spacial score (nSPS) is 17.2. The monoisotopic (exact) mass is 357 g/mol. The molecule has 0 aliphatic carbocycles. The zero-order valence-electron chi connectivity index (χ0n) is 13.9. The Morgan fingerprint density at radius 1 is 1.16 bits per heavy atom. The van der Waals surface area contributed by atoms with E-state index in [2.05, 4.69) is 4.98 Å². The van der Waals surface area contributed by atoms with Crippen LogP contribution in [0.1, 0.15) is 5.56 Å². The number of benzene rings is 1. The van der Waals surface area contributed by atoms with E-state index in [4.69, 9.17) is 4.74 Å². The van der Waals surface area contributed by atoms with E-state index in [0.29, 0.717) is 13.2 Å². The van der Waals surface area contributed by atoms with Gasteiger partial charge in [-0.3, -0.25) is 14.5 Å². The fourth-order valence-electron chi connectivity index (χ4n) is 2.43. The van der Waals surface area contributed by atoms with Crippen LogP contribution in [-0.2, 0) is 16.1 Å². The summed E-state index contributed by atoms with van der Waals surface area (Å²) in [4.78, 5) is 31.9. The smallest absolute Gasteiger partial charge is 0.291 e. The van der Waals surface area contributed by atoms with Crippen LogP contribution in [0, 0.1) is 0 Å². The summed E-state index contributed by atoms with van der Waals surface area (Å²) in [7, 11) is 1.90. The maximum Gasteiger partial charge on any atom is 0.291 e. The zero-order valence-corrected chi connectivity index (χ0v) is 14.7. The molecule has 7 heteroatoms. The number of hydrogen-bond donors (Lipinski definition) is 0. The summed E-state index contributed by atoms with van der Waals surface area (Å²) in [5, 5.41) is -0.267. The van der Waals surface area contributed by atoms with Crippen molar-refractivity contribution in [2.24, 2.45) is 0 Å². The number of likely N-dealkylation sites (N-methyl/N-ethyl adjacent to an activating group) is 1. The number of pyridine rings is 1. The number of imide groups is 1. The van der Waals surface area contributed by atoms with Crippen LogP contribution in [0.5, 0.6) is 0 Å². The molecule has 1 atom stereocenters. The SMILES string of the molecule is CN(CCOC1SC(=O)N(Cc2ccccc2)C1=O)c1ccccn1.